The topological polar surface area (TPSA) is 173 Å². The summed E-state index contributed by atoms with van der Waals surface area (Å²) in [6, 6.07) is 0. The van der Waals surface area contributed by atoms with E-state index in [2.05, 4.69) is 10.1 Å². The standard InChI is InChI=1S/4C3H5F3O3S.Sn/c4*4-3(5,6)1-2-10(7,8)9;/h4*1-2H2,(H,7,8,9);/q;;;;+4/p-4. The Balaban J connectivity index is 6.99. The SMILES string of the molecule is O=S(=O)(CCC(F)(F)F)[O][Sn]([O]S(=O)(=O)CCC(F)(F)F)([O]S(=O)(=O)CCC(F)(F)F)[O]S(=O)(=O)CCC(F)(F)F. The Morgan fingerprint density at radius 3 is 0.634 bits per heavy atom. The van der Waals surface area contributed by atoms with Crippen molar-refractivity contribution < 1.29 is 96.4 Å². The molecule has 0 heterocycles. The molecule has 41 heavy (non-hydrogen) atoms. The van der Waals surface area contributed by atoms with Crippen molar-refractivity contribution in [3.8, 4) is 0 Å². The molecule has 0 amide bonds. The molecule has 0 unspecified atom stereocenters. The monoisotopic (exact) mass is 828 g/mol. The van der Waals surface area contributed by atoms with Crippen LogP contribution in [0, 0.1) is 0 Å². The van der Waals surface area contributed by atoms with Gasteiger partial charge in [0.15, 0.2) is 0 Å². The average molecular weight is 827 g/mol. The van der Waals surface area contributed by atoms with Crippen LogP contribution in [0.3, 0.4) is 0 Å². The molecule has 0 bridgehead atoms. The van der Waals surface area contributed by atoms with Crippen LogP contribution >= 0.6 is 0 Å². The predicted octanol–water partition coefficient (Wildman–Crippen LogP) is 2.62. The molecule has 0 aliphatic rings. The molecule has 0 aliphatic heterocycles. The van der Waals surface area contributed by atoms with Crippen LogP contribution < -0.4 is 0 Å². The maximum atomic E-state index is 12.5. The number of alkyl halides is 12. The number of rotatable bonds is 16. The predicted molar refractivity (Wildman–Crippen MR) is 108 cm³/mol. The molecule has 0 saturated heterocycles. The van der Waals surface area contributed by atoms with Crippen LogP contribution in [-0.4, -0.2) is 101 Å². The molecule has 0 saturated carbocycles. The molecule has 0 aromatic rings. The van der Waals surface area contributed by atoms with Crippen LogP contribution in [0.5, 0.6) is 0 Å². The first kappa shape index (κ1) is 40.6. The summed E-state index contributed by atoms with van der Waals surface area (Å²) < 4.78 is 261. The Bertz CT molecular complexity index is 1090. The van der Waals surface area contributed by atoms with Gasteiger partial charge in [-0.1, -0.05) is 0 Å². The molecule has 12 nitrogen and oxygen atoms in total. The quantitative estimate of drug-likeness (QED) is 0.165. The Morgan fingerprint density at radius 1 is 0.366 bits per heavy atom. The molecule has 0 rings (SSSR count). The van der Waals surface area contributed by atoms with Crippen LogP contribution in [0.25, 0.3) is 0 Å². The molecule has 0 N–H and O–H groups in total. The first-order chi connectivity index (χ1) is 17.7. The summed E-state index contributed by atoms with van der Waals surface area (Å²) >= 11 is -8.60. The van der Waals surface area contributed by atoms with Crippen molar-refractivity contribution in [2.45, 2.75) is 50.4 Å². The van der Waals surface area contributed by atoms with Gasteiger partial charge in [-0.25, -0.2) is 0 Å². The van der Waals surface area contributed by atoms with Gasteiger partial charge >= 0.3 is 230 Å². The van der Waals surface area contributed by atoms with E-state index in [1.165, 1.54) is 0 Å². The van der Waals surface area contributed by atoms with Crippen LogP contribution in [0.2, 0.25) is 0 Å². The molecular weight excluding hydrogens is 811 g/mol. The van der Waals surface area contributed by atoms with Crippen molar-refractivity contribution in [1.29, 1.82) is 0 Å². The van der Waals surface area contributed by atoms with Gasteiger partial charge in [0, 0.05) is 0 Å². The van der Waals surface area contributed by atoms with Crippen molar-refractivity contribution in [3.05, 3.63) is 0 Å². The molecule has 0 aromatic carbocycles. The molecule has 248 valence electrons. The molecule has 0 aromatic heterocycles. The van der Waals surface area contributed by atoms with Crippen molar-refractivity contribution in [2.24, 2.45) is 0 Å². The summed E-state index contributed by atoms with van der Waals surface area (Å²) in [5.74, 6) is -9.45. The average Bonchev–Trinajstić information content (AvgIpc) is 2.65. The fraction of sp³-hybridized carbons (Fsp3) is 1.00. The van der Waals surface area contributed by atoms with Crippen LogP contribution in [0.15, 0.2) is 0 Å². The maximum absolute atomic E-state index is 12.5. The molecular formula is C12H16F12O12S4Sn. The Hall–Kier alpha value is -0.401. The summed E-state index contributed by atoms with van der Waals surface area (Å²) in [5, 5.41) is 0. The van der Waals surface area contributed by atoms with Crippen molar-refractivity contribution in [1.82, 2.24) is 0 Å². The summed E-state index contributed by atoms with van der Waals surface area (Å²) in [5.41, 5.74) is 0. The van der Waals surface area contributed by atoms with Gasteiger partial charge in [0.25, 0.3) is 0 Å². The van der Waals surface area contributed by atoms with Gasteiger partial charge in [0.05, 0.1) is 0 Å². The Morgan fingerprint density at radius 2 is 0.512 bits per heavy atom. The minimum atomic E-state index is -8.60. The molecule has 29 heteroatoms. The molecule has 0 atom stereocenters. The van der Waals surface area contributed by atoms with Gasteiger partial charge in [0.2, 0.25) is 0 Å². The normalized spacial score (nSPS) is 15.3. The van der Waals surface area contributed by atoms with Crippen LogP contribution in [-0.2, 0) is 50.6 Å². The fourth-order valence-corrected chi connectivity index (χ4v) is 23.8. The van der Waals surface area contributed by atoms with Crippen LogP contribution in [0.4, 0.5) is 52.7 Å². The number of hydrogen-bond donors (Lipinski definition) is 0. The van der Waals surface area contributed by atoms with Crippen LogP contribution in [0.1, 0.15) is 25.7 Å². The van der Waals surface area contributed by atoms with E-state index in [4.69, 9.17) is 0 Å². The zero-order valence-corrected chi connectivity index (χ0v) is 25.3. The first-order valence-corrected chi connectivity index (χ1v) is 20.6. The van der Waals surface area contributed by atoms with E-state index in [1.54, 1.807) is 0 Å². The van der Waals surface area contributed by atoms with E-state index in [1.807, 2.05) is 0 Å². The van der Waals surface area contributed by atoms with E-state index in [0.717, 1.165) is 0 Å². The van der Waals surface area contributed by atoms with Gasteiger partial charge in [-0.05, 0) is 0 Å². The van der Waals surface area contributed by atoms with Gasteiger partial charge in [0.1, 0.15) is 0 Å². The van der Waals surface area contributed by atoms with E-state index >= 15 is 0 Å². The third-order valence-corrected chi connectivity index (χ3v) is 23.8. The van der Waals surface area contributed by atoms with Gasteiger partial charge in [-0.3, -0.25) is 0 Å². The summed E-state index contributed by atoms with van der Waals surface area (Å²) in [4.78, 5) is 0. The second-order valence-electron chi connectivity index (χ2n) is 7.34. The van der Waals surface area contributed by atoms with Gasteiger partial charge in [-0.2, -0.15) is 0 Å². The number of halogens is 12. The summed E-state index contributed by atoms with van der Waals surface area (Å²) in [7, 11) is -24.7. The second kappa shape index (κ2) is 13.7. The summed E-state index contributed by atoms with van der Waals surface area (Å²) in [6.07, 6.45) is -31.3. The van der Waals surface area contributed by atoms with Gasteiger partial charge < -0.3 is 0 Å². The van der Waals surface area contributed by atoms with E-state index < -0.39 is 134 Å². The van der Waals surface area contributed by atoms with Gasteiger partial charge in [-0.15, -0.1) is 0 Å². The number of hydrogen-bond acceptors (Lipinski definition) is 12. The van der Waals surface area contributed by atoms with E-state index in [9.17, 15) is 86.4 Å². The third-order valence-electron chi connectivity index (χ3n) is 3.46. The van der Waals surface area contributed by atoms with Crippen molar-refractivity contribution >= 4 is 60.5 Å². The first-order valence-electron chi connectivity index (χ1n) is 9.65. The molecule has 0 fully saturated rings. The molecule has 0 aliphatic carbocycles. The molecule has 0 spiro atoms. The third kappa shape index (κ3) is 21.0. The Labute approximate surface area is 229 Å². The fourth-order valence-electron chi connectivity index (χ4n) is 1.83. The zero-order valence-electron chi connectivity index (χ0n) is 19.2. The second-order valence-corrected chi connectivity index (χ2v) is 22.7. The Kier molecular flexibility index (Phi) is 13.6. The minimum absolute atomic E-state index is 2.36. The summed E-state index contributed by atoms with van der Waals surface area (Å²) in [6.45, 7) is 0. The van der Waals surface area contributed by atoms with Crippen molar-refractivity contribution in [3.63, 3.8) is 0 Å². The van der Waals surface area contributed by atoms with E-state index in [0.29, 0.717) is 0 Å². The molecule has 0 radical (unpaired) electrons. The zero-order chi connectivity index (χ0) is 33.0. The van der Waals surface area contributed by atoms with Crippen molar-refractivity contribution in [2.75, 3.05) is 23.0 Å². The van der Waals surface area contributed by atoms with E-state index in [-0.39, 0.29) is 0 Å².